The fourth-order valence-corrected chi connectivity index (χ4v) is 4.96. The molecule has 0 unspecified atom stereocenters. The highest BCUT2D eigenvalue weighted by atomic mass is 28.4. The molecule has 0 atom stereocenters. The van der Waals surface area contributed by atoms with Gasteiger partial charge in [0.05, 0.1) is 17.0 Å². The Bertz CT molecular complexity index is 291. The predicted octanol–water partition coefficient (Wildman–Crippen LogP) is 3.27. The van der Waals surface area contributed by atoms with E-state index in [1.54, 1.807) is 6.08 Å². The second-order valence-corrected chi connectivity index (χ2v) is 7.59. The molecule has 92 valence electrons. The Kier molecular flexibility index (Phi) is 3.38. The van der Waals surface area contributed by atoms with Crippen LogP contribution >= 0.6 is 0 Å². The summed E-state index contributed by atoms with van der Waals surface area (Å²) in [6.45, 7) is 17.4. The molecular weight excluding hydrogens is 220 g/mol. The quantitative estimate of drug-likeness (QED) is 0.430. The van der Waals surface area contributed by atoms with Gasteiger partial charge in [-0.1, -0.05) is 12.7 Å². The molecule has 0 aliphatic carbocycles. The van der Waals surface area contributed by atoms with Crippen molar-refractivity contribution in [1.82, 2.24) is 0 Å². The predicted molar refractivity (Wildman–Crippen MR) is 67.0 cm³/mol. The maximum absolute atomic E-state index is 6.07. The zero-order chi connectivity index (χ0) is 12.6. The minimum Gasteiger partial charge on any atom is -0.505 e. The molecule has 0 saturated carbocycles. The molecular formula is C12H22O3Si. The largest absolute Gasteiger partial charge is 0.570 e. The van der Waals surface area contributed by atoms with Crippen LogP contribution in [0.4, 0.5) is 0 Å². The van der Waals surface area contributed by atoms with Crippen LogP contribution in [0.1, 0.15) is 34.6 Å². The first kappa shape index (κ1) is 13.5. The first-order valence-electron chi connectivity index (χ1n) is 5.50. The van der Waals surface area contributed by atoms with Gasteiger partial charge in [-0.05, 0) is 34.6 Å². The van der Waals surface area contributed by atoms with E-state index in [0.717, 1.165) is 0 Å². The molecule has 0 aromatic heterocycles. The highest BCUT2D eigenvalue weighted by molar-refractivity contribution is 6.62. The topological polar surface area (TPSA) is 27.7 Å². The van der Waals surface area contributed by atoms with Gasteiger partial charge in [0.25, 0.3) is 0 Å². The van der Waals surface area contributed by atoms with E-state index < -0.39 is 8.80 Å². The lowest BCUT2D eigenvalue weighted by Crippen LogP contribution is -2.41. The number of hydrogen-bond donors (Lipinski definition) is 0. The average Bonchev–Trinajstić information content (AvgIpc) is 2.14. The van der Waals surface area contributed by atoms with Gasteiger partial charge in [0.2, 0.25) is 0 Å². The minimum atomic E-state index is -2.68. The molecule has 0 radical (unpaired) electrons. The van der Waals surface area contributed by atoms with Crippen molar-refractivity contribution in [2.75, 3.05) is 0 Å². The summed E-state index contributed by atoms with van der Waals surface area (Å²) in [4.78, 5) is 0. The molecule has 1 rings (SSSR count). The van der Waals surface area contributed by atoms with Crippen LogP contribution in [0.15, 0.2) is 25.0 Å². The van der Waals surface area contributed by atoms with Crippen molar-refractivity contribution in [1.29, 1.82) is 0 Å². The molecule has 1 heterocycles. The van der Waals surface area contributed by atoms with Gasteiger partial charge >= 0.3 is 8.80 Å². The van der Waals surface area contributed by atoms with Crippen molar-refractivity contribution in [3.05, 3.63) is 25.0 Å². The van der Waals surface area contributed by atoms with E-state index >= 15 is 0 Å². The summed E-state index contributed by atoms with van der Waals surface area (Å²) in [5.41, 5.74) is -0.727. The Morgan fingerprint density at radius 3 is 2.00 bits per heavy atom. The molecule has 0 aromatic carbocycles. The highest BCUT2D eigenvalue weighted by Gasteiger charge is 2.62. The van der Waals surface area contributed by atoms with Crippen molar-refractivity contribution >= 4 is 8.80 Å². The fraction of sp³-hybridized carbons (Fsp3) is 0.667. The lowest BCUT2D eigenvalue weighted by molar-refractivity contribution is 0.00578. The van der Waals surface area contributed by atoms with Gasteiger partial charge in [0.15, 0.2) is 0 Å². The van der Waals surface area contributed by atoms with E-state index in [-0.39, 0.29) is 11.2 Å². The van der Waals surface area contributed by atoms with E-state index in [0.29, 0.717) is 11.8 Å². The molecule has 0 amide bonds. The zero-order valence-corrected chi connectivity index (χ0v) is 11.9. The molecule has 4 heteroatoms. The molecule has 16 heavy (non-hydrogen) atoms. The van der Waals surface area contributed by atoms with Crippen LogP contribution in [-0.4, -0.2) is 20.0 Å². The second-order valence-electron chi connectivity index (χ2n) is 5.20. The highest BCUT2D eigenvalue weighted by Crippen LogP contribution is 2.44. The van der Waals surface area contributed by atoms with Gasteiger partial charge in [0.1, 0.15) is 0 Å². The molecule has 0 spiro atoms. The van der Waals surface area contributed by atoms with E-state index in [2.05, 4.69) is 13.2 Å². The van der Waals surface area contributed by atoms with Gasteiger partial charge in [-0.15, -0.1) is 6.58 Å². The number of hydrogen-bond acceptors (Lipinski definition) is 3. The normalized spacial score (nSPS) is 25.1. The molecule has 1 aliphatic rings. The van der Waals surface area contributed by atoms with Crippen LogP contribution in [0.2, 0.25) is 6.04 Å². The van der Waals surface area contributed by atoms with Crippen LogP contribution in [0.25, 0.3) is 0 Å². The number of rotatable bonds is 4. The molecule has 1 saturated heterocycles. The maximum atomic E-state index is 6.07. The van der Waals surface area contributed by atoms with E-state index in [9.17, 15) is 0 Å². The van der Waals surface area contributed by atoms with Crippen molar-refractivity contribution in [3.63, 3.8) is 0 Å². The van der Waals surface area contributed by atoms with Crippen molar-refractivity contribution < 1.29 is 13.3 Å². The standard InChI is InChI=1S/C12H22O3Si/c1-8-9-16(13-10(2)3)14-11(4,5)12(6,7)15-16/h8H,1-2,9H2,3-7H3. The zero-order valence-electron chi connectivity index (χ0n) is 10.9. The van der Waals surface area contributed by atoms with Gasteiger partial charge in [-0.2, -0.15) is 0 Å². The fourth-order valence-electron chi connectivity index (χ4n) is 1.65. The average molecular weight is 242 g/mol. The third-order valence-electron chi connectivity index (χ3n) is 3.00. The molecule has 1 fully saturated rings. The Labute approximate surface area is 99.5 Å². The van der Waals surface area contributed by atoms with Crippen LogP contribution in [0.3, 0.4) is 0 Å². The number of allylic oxidation sites excluding steroid dienone is 2. The van der Waals surface area contributed by atoms with Crippen LogP contribution in [0, 0.1) is 0 Å². The molecule has 1 aliphatic heterocycles. The van der Waals surface area contributed by atoms with Crippen molar-refractivity contribution in [2.24, 2.45) is 0 Å². The van der Waals surface area contributed by atoms with Crippen LogP contribution in [0.5, 0.6) is 0 Å². The minimum absolute atomic E-state index is 0.363. The maximum Gasteiger partial charge on any atom is 0.570 e. The van der Waals surface area contributed by atoms with Crippen LogP contribution < -0.4 is 0 Å². The Morgan fingerprint density at radius 2 is 1.69 bits per heavy atom. The van der Waals surface area contributed by atoms with Crippen molar-refractivity contribution in [2.45, 2.75) is 51.9 Å². The first-order chi connectivity index (χ1) is 7.14. The summed E-state index contributed by atoms with van der Waals surface area (Å²) >= 11 is 0. The van der Waals surface area contributed by atoms with E-state index in [1.807, 2.05) is 34.6 Å². The lowest BCUT2D eigenvalue weighted by atomic mass is 9.90. The summed E-state index contributed by atoms with van der Waals surface area (Å²) in [5.74, 6) is 0.627. The smallest absolute Gasteiger partial charge is 0.505 e. The first-order valence-corrected chi connectivity index (χ1v) is 7.43. The Morgan fingerprint density at radius 1 is 1.25 bits per heavy atom. The Hall–Kier alpha value is -0.583. The van der Waals surface area contributed by atoms with E-state index in [4.69, 9.17) is 13.3 Å². The summed E-state index contributed by atoms with van der Waals surface area (Å²) in [7, 11) is -2.68. The second kappa shape index (κ2) is 4.02. The summed E-state index contributed by atoms with van der Waals surface area (Å²) in [5, 5.41) is 0. The summed E-state index contributed by atoms with van der Waals surface area (Å²) in [6, 6.07) is 0.604. The third-order valence-corrected chi connectivity index (χ3v) is 6.09. The van der Waals surface area contributed by atoms with Gasteiger partial charge in [-0.3, -0.25) is 0 Å². The summed E-state index contributed by atoms with van der Waals surface area (Å²) in [6.07, 6.45) is 1.78. The van der Waals surface area contributed by atoms with Gasteiger partial charge in [-0.25, -0.2) is 0 Å². The van der Waals surface area contributed by atoms with Crippen molar-refractivity contribution in [3.8, 4) is 0 Å². The summed E-state index contributed by atoms with van der Waals surface area (Å²) < 4.78 is 17.9. The van der Waals surface area contributed by atoms with Gasteiger partial charge in [0, 0.05) is 6.04 Å². The monoisotopic (exact) mass is 242 g/mol. The van der Waals surface area contributed by atoms with E-state index in [1.165, 1.54) is 0 Å². The SMILES string of the molecule is C=CC[Si]1(OC(=C)C)OC(C)(C)C(C)(C)O1. The molecule has 0 bridgehead atoms. The molecule has 3 nitrogen and oxygen atoms in total. The van der Waals surface area contributed by atoms with Gasteiger partial charge < -0.3 is 13.3 Å². The molecule has 0 aromatic rings. The lowest BCUT2D eigenvalue weighted by Gasteiger charge is -2.31. The third kappa shape index (κ3) is 2.39. The molecule has 0 N–H and O–H groups in total. The Balaban J connectivity index is 2.99. The van der Waals surface area contributed by atoms with Crippen LogP contribution in [-0.2, 0) is 13.3 Å².